The monoisotopic (exact) mass is 228 g/mol. The third-order valence-electron chi connectivity index (χ3n) is 3.04. The number of rotatable bonds is 7. The Morgan fingerprint density at radius 3 is 2.69 bits per heavy atom. The molecule has 0 saturated carbocycles. The molecular weight excluding hydrogens is 204 g/mol. The van der Waals surface area contributed by atoms with Crippen molar-refractivity contribution >= 4 is 5.97 Å². The summed E-state index contributed by atoms with van der Waals surface area (Å²) in [5, 5.41) is 11.9. The van der Waals surface area contributed by atoms with Crippen molar-refractivity contribution in [2.45, 2.75) is 45.1 Å². The zero-order valence-electron chi connectivity index (χ0n) is 10.2. The summed E-state index contributed by atoms with van der Waals surface area (Å²) in [4.78, 5) is 12.8. The van der Waals surface area contributed by atoms with Crippen LogP contribution >= 0.6 is 0 Å². The first-order valence-corrected chi connectivity index (χ1v) is 6.36. The van der Waals surface area contributed by atoms with Crippen LogP contribution in [0.1, 0.15) is 39.0 Å². The fourth-order valence-electron chi connectivity index (χ4n) is 2.18. The topological polar surface area (TPSA) is 52.6 Å². The van der Waals surface area contributed by atoms with Crippen molar-refractivity contribution in [1.82, 2.24) is 10.2 Å². The molecule has 4 nitrogen and oxygen atoms in total. The third-order valence-corrected chi connectivity index (χ3v) is 3.04. The van der Waals surface area contributed by atoms with E-state index in [1.165, 1.54) is 32.4 Å². The normalized spacial score (nSPS) is 19.6. The number of carbonyl (C=O) groups is 1. The van der Waals surface area contributed by atoms with Gasteiger partial charge in [0.05, 0.1) is 0 Å². The van der Waals surface area contributed by atoms with E-state index < -0.39 is 5.97 Å². The molecule has 1 rings (SSSR count). The van der Waals surface area contributed by atoms with Crippen molar-refractivity contribution in [2.75, 3.05) is 26.2 Å². The second-order valence-corrected chi connectivity index (χ2v) is 4.71. The van der Waals surface area contributed by atoms with Crippen LogP contribution in [0.4, 0.5) is 0 Å². The summed E-state index contributed by atoms with van der Waals surface area (Å²) in [6.07, 6.45) is 5.01. The van der Waals surface area contributed by atoms with Crippen molar-refractivity contribution in [3.63, 3.8) is 0 Å². The molecule has 1 fully saturated rings. The molecule has 1 atom stereocenters. The largest absolute Gasteiger partial charge is 0.481 e. The van der Waals surface area contributed by atoms with Crippen LogP contribution in [0.25, 0.3) is 0 Å². The average molecular weight is 228 g/mol. The van der Waals surface area contributed by atoms with Crippen LogP contribution in [0.5, 0.6) is 0 Å². The summed E-state index contributed by atoms with van der Waals surface area (Å²) in [5.41, 5.74) is 0. The van der Waals surface area contributed by atoms with Gasteiger partial charge in [0.1, 0.15) is 0 Å². The van der Waals surface area contributed by atoms with Gasteiger partial charge in [-0.1, -0.05) is 6.42 Å². The highest BCUT2D eigenvalue weighted by Gasteiger charge is 2.12. The van der Waals surface area contributed by atoms with E-state index in [2.05, 4.69) is 17.1 Å². The van der Waals surface area contributed by atoms with E-state index in [9.17, 15) is 4.79 Å². The van der Waals surface area contributed by atoms with Crippen LogP contribution in [-0.4, -0.2) is 48.2 Å². The Bertz CT molecular complexity index is 203. The number of carboxylic acid groups (broad SMARTS) is 1. The van der Waals surface area contributed by atoms with E-state index in [0.29, 0.717) is 6.04 Å². The van der Waals surface area contributed by atoms with E-state index in [1.807, 2.05) is 0 Å². The summed E-state index contributed by atoms with van der Waals surface area (Å²) >= 11 is 0. The maximum Gasteiger partial charge on any atom is 0.303 e. The number of piperidine rings is 1. The molecule has 1 saturated heterocycles. The van der Waals surface area contributed by atoms with Crippen LogP contribution in [0.2, 0.25) is 0 Å². The minimum Gasteiger partial charge on any atom is -0.481 e. The SMILES string of the molecule is CC(CN1CCCCC1)NCCCC(=O)O. The van der Waals surface area contributed by atoms with Gasteiger partial charge in [-0.3, -0.25) is 4.79 Å². The maximum absolute atomic E-state index is 10.3. The van der Waals surface area contributed by atoms with Crippen molar-refractivity contribution in [1.29, 1.82) is 0 Å². The van der Waals surface area contributed by atoms with Crippen LogP contribution in [0, 0.1) is 0 Å². The quantitative estimate of drug-likeness (QED) is 0.645. The van der Waals surface area contributed by atoms with Gasteiger partial charge in [0, 0.05) is 19.0 Å². The number of likely N-dealkylation sites (tertiary alicyclic amines) is 1. The lowest BCUT2D eigenvalue weighted by molar-refractivity contribution is -0.137. The predicted molar refractivity (Wildman–Crippen MR) is 64.6 cm³/mol. The Labute approximate surface area is 98.0 Å². The van der Waals surface area contributed by atoms with Crippen molar-refractivity contribution in [3.8, 4) is 0 Å². The van der Waals surface area contributed by atoms with Crippen LogP contribution in [0.15, 0.2) is 0 Å². The molecule has 1 aliphatic heterocycles. The Balaban J connectivity index is 2.01. The van der Waals surface area contributed by atoms with Crippen LogP contribution in [-0.2, 0) is 4.79 Å². The average Bonchev–Trinajstić information content (AvgIpc) is 2.25. The van der Waals surface area contributed by atoms with Gasteiger partial charge in [0.25, 0.3) is 0 Å². The molecule has 0 aliphatic carbocycles. The number of aliphatic carboxylic acids is 1. The van der Waals surface area contributed by atoms with Gasteiger partial charge in [-0.25, -0.2) is 0 Å². The number of hydrogen-bond acceptors (Lipinski definition) is 3. The molecule has 0 radical (unpaired) electrons. The highest BCUT2D eigenvalue weighted by Crippen LogP contribution is 2.08. The van der Waals surface area contributed by atoms with Gasteiger partial charge in [0.15, 0.2) is 0 Å². The molecule has 2 N–H and O–H groups in total. The third kappa shape index (κ3) is 6.08. The summed E-state index contributed by atoms with van der Waals surface area (Å²) in [6, 6.07) is 0.465. The second kappa shape index (κ2) is 7.63. The number of hydrogen-bond donors (Lipinski definition) is 2. The van der Waals surface area contributed by atoms with E-state index >= 15 is 0 Å². The highest BCUT2D eigenvalue weighted by molar-refractivity contribution is 5.66. The molecule has 0 aromatic rings. The summed E-state index contributed by atoms with van der Waals surface area (Å²) < 4.78 is 0. The number of nitrogens with zero attached hydrogens (tertiary/aromatic N) is 1. The smallest absolute Gasteiger partial charge is 0.303 e. The van der Waals surface area contributed by atoms with Gasteiger partial charge in [-0.2, -0.15) is 0 Å². The summed E-state index contributed by atoms with van der Waals surface area (Å²) in [5.74, 6) is -0.703. The van der Waals surface area contributed by atoms with Crippen molar-refractivity contribution in [3.05, 3.63) is 0 Å². The fraction of sp³-hybridized carbons (Fsp3) is 0.917. The molecule has 0 aromatic carbocycles. The first-order valence-electron chi connectivity index (χ1n) is 6.36. The number of nitrogens with one attached hydrogen (secondary N) is 1. The zero-order valence-corrected chi connectivity index (χ0v) is 10.2. The van der Waals surface area contributed by atoms with Gasteiger partial charge >= 0.3 is 5.97 Å². The molecule has 0 aromatic heterocycles. The molecule has 0 amide bonds. The predicted octanol–water partition coefficient (Wildman–Crippen LogP) is 1.32. The van der Waals surface area contributed by atoms with Crippen molar-refractivity contribution in [2.24, 2.45) is 0 Å². The lowest BCUT2D eigenvalue weighted by Gasteiger charge is -2.29. The maximum atomic E-state index is 10.3. The molecule has 16 heavy (non-hydrogen) atoms. The van der Waals surface area contributed by atoms with E-state index in [0.717, 1.165) is 19.5 Å². The molecule has 1 heterocycles. The Morgan fingerprint density at radius 1 is 1.38 bits per heavy atom. The summed E-state index contributed by atoms with van der Waals surface area (Å²) in [6.45, 7) is 6.52. The molecule has 94 valence electrons. The first kappa shape index (κ1) is 13.5. The molecule has 1 unspecified atom stereocenters. The lowest BCUT2D eigenvalue weighted by atomic mass is 10.1. The second-order valence-electron chi connectivity index (χ2n) is 4.71. The van der Waals surface area contributed by atoms with Crippen LogP contribution in [0.3, 0.4) is 0 Å². The molecule has 1 aliphatic rings. The van der Waals surface area contributed by atoms with Gasteiger partial charge in [-0.05, 0) is 45.8 Å². The standard InChI is InChI=1S/C12H24N2O2/c1-11(13-7-5-6-12(15)16)10-14-8-3-2-4-9-14/h11,13H,2-10H2,1H3,(H,15,16). The lowest BCUT2D eigenvalue weighted by Crippen LogP contribution is -2.41. The molecule has 0 spiro atoms. The first-order chi connectivity index (χ1) is 7.68. The molecule has 4 heteroatoms. The van der Waals surface area contributed by atoms with Gasteiger partial charge in [0.2, 0.25) is 0 Å². The Kier molecular flexibility index (Phi) is 6.42. The van der Waals surface area contributed by atoms with E-state index in [1.54, 1.807) is 0 Å². The van der Waals surface area contributed by atoms with Crippen molar-refractivity contribution < 1.29 is 9.90 Å². The highest BCUT2D eigenvalue weighted by atomic mass is 16.4. The zero-order chi connectivity index (χ0) is 11.8. The van der Waals surface area contributed by atoms with E-state index in [4.69, 9.17) is 5.11 Å². The van der Waals surface area contributed by atoms with Crippen LogP contribution < -0.4 is 5.32 Å². The Morgan fingerprint density at radius 2 is 2.06 bits per heavy atom. The fourth-order valence-corrected chi connectivity index (χ4v) is 2.18. The minimum atomic E-state index is -0.703. The van der Waals surface area contributed by atoms with Gasteiger partial charge in [-0.15, -0.1) is 0 Å². The van der Waals surface area contributed by atoms with E-state index in [-0.39, 0.29) is 6.42 Å². The summed E-state index contributed by atoms with van der Waals surface area (Å²) in [7, 11) is 0. The minimum absolute atomic E-state index is 0.267. The molecular formula is C12H24N2O2. The Hall–Kier alpha value is -0.610. The van der Waals surface area contributed by atoms with Gasteiger partial charge < -0.3 is 15.3 Å². The molecule has 0 bridgehead atoms. The number of carboxylic acids is 1.